The summed E-state index contributed by atoms with van der Waals surface area (Å²) in [6.45, 7) is 7.56. The van der Waals surface area contributed by atoms with E-state index in [2.05, 4.69) is 6.92 Å². The highest BCUT2D eigenvalue weighted by atomic mass is 16.3. The summed E-state index contributed by atoms with van der Waals surface area (Å²) in [4.78, 5) is 13.9. The van der Waals surface area contributed by atoms with Gasteiger partial charge in [0.1, 0.15) is 0 Å². The van der Waals surface area contributed by atoms with Crippen LogP contribution in [-0.2, 0) is 4.79 Å². The van der Waals surface area contributed by atoms with E-state index in [1.54, 1.807) is 0 Å². The van der Waals surface area contributed by atoms with Gasteiger partial charge in [-0.05, 0) is 19.3 Å². The summed E-state index contributed by atoms with van der Waals surface area (Å²) in [5, 5.41) is 9.73. The highest BCUT2D eigenvalue weighted by Gasteiger charge is 2.30. The zero-order valence-electron chi connectivity index (χ0n) is 10.1. The summed E-state index contributed by atoms with van der Waals surface area (Å²) in [7, 11) is 0. The van der Waals surface area contributed by atoms with Gasteiger partial charge >= 0.3 is 0 Å². The molecule has 3 nitrogen and oxygen atoms in total. The van der Waals surface area contributed by atoms with E-state index in [0.717, 1.165) is 32.4 Å². The number of nitrogens with zero attached hydrogens (tertiary/aromatic N) is 1. The number of carbonyl (C=O) groups excluding carboxylic acids is 1. The fraction of sp³-hybridized carbons (Fsp3) is 0.917. The molecular weight excluding hydrogens is 190 g/mol. The maximum atomic E-state index is 11.9. The predicted octanol–water partition coefficient (Wildman–Crippen LogP) is 1.65. The molecule has 0 aromatic rings. The Morgan fingerprint density at radius 1 is 1.53 bits per heavy atom. The van der Waals surface area contributed by atoms with Crippen LogP contribution >= 0.6 is 0 Å². The number of rotatable bonds is 3. The van der Waals surface area contributed by atoms with Crippen molar-refractivity contribution >= 4 is 5.91 Å². The van der Waals surface area contributed by atoms with Gasteiger partial charge in [-0.1, -0.05) is 20.8 Å². The number of aliphatic hydroxyl groups excluding tert-OH is 1. The van der Waals surface area contributed by atoms with Crippen LogP contribution in [0.2, 0.25) is 0 Å². The van der Waals surface area contributed by atoms with Gasteiger partial charge < -0.3 is 10.0 Å². The molecule has 1 aliphatic heterocycles. The van der Waals surface area contributed by atoms with Gasteiger partial charge in [0, 0.05) is 24.9 Å². The van der Waals surface area contributed by atoms with E-state index in [-0.39, 0.29) is 23.8 Å². The molecule has 1 heterocycles. The van der Waals surface area contributed by atoms with E-state index in [4.69, 9.17) is 0 Å². The molecule has 1 aliphatic rings. The van der Waals surface area contributed by atoms with Gasteiger partial charge in [0.05, 0.1) is 6.10 Å². The highest BCUT2D eigenvalue weighted by molar-refractivity contribution is 5.78. The lowest BCUT2D eigenvalue weighted by Gasteiger charge is -2.37. The second kappa shape index (κ2) is 5.50. The molecule has 0 aliphatic carbocycles. The Labute approximate surface area is 92.5 Å². The molecule has 0 radical (unpaired) electrons. The van der Waals surface area contributed by atoms with Crippen LogP contribution in [0.4, 0.5) is 0 Å². The Morgan fingerprint density at radius 3 is 2.73 bits per heavy atom. The molecule has 88 valence electrons. The predicted molar refractivity (Wildman–Crippen MR) is 60.4 cm³/mol. The van der Waals surface area contributed by atoms with Crippen LogP contribution in [0.1, 0.15) is 40.0 Å². The third-order valence-electron chi connectivity index (χ3n) is 3.56. The number of hydrogen-bond donors (Lipinski definition) is 1. The minimum atomic E-state index is -0.212. The van der Waals surface area contributed by atoms with Crippen LogP contribution in [0, 0.1) is 11.8 Å². The zero-order chi connectivity index (χ0) is 11.4. The number of amides is 1. The lowest BCUT2D eigenvalue weighted by molar-refractivity contribution is -0.138. The quantitative estimate of drug-likeness (QED) is 0.774. The van der Waals surface area contributed by atoms with Crippen LogP contribution in [0.5, 0.6) is 0 Å². The van der Waals surface area contributed by atoms with Crippen LogP contribution < -0.4 is 0 Å². The summed E-state index contributed by atoms with van der Waals surface area (Å²) in [5.41, 5.74) is 0. The summed E-state index contributed by atoms with van der Waals surface area (Å²) in [6.07, 6.45) is 2.37. The molecule has 0 aromatic carbocycles. The zero-order valence-corrected chi connectivity index (χ0v) is 10.1. The average Bonchev–Trinajstić information content (AvgIpc) is 2.27. The first-order chi connectivity index (χ1) is 7.10. The van der Waals surface area contributed by atoms with E-state index in [1.807, 2.05) is 18.7 Å². The first-order valence-electron chi connectivity index (χ1n) is 6.06. The second-order valence-electron chi connectivity index (χ2n) is 4.62. The molecule has 1 fully saturated rings. The minimum absolute atomic E-state index is 0.123. The van der Waals surface area contributed by atoms with E-state index in [0.29, 0.717) is 0 Å². The molecule has 3 atom stereocenters. The maximum Gasteiger partial charge on any atom is 0.225 e. The van der Waals surface area contributed by atoms with E-state index in [1.165, 1.54) is 0 Å². The molecule has 0 spiro atoms. The fourth-order valence-electron chi connectivity index (χ4n) is 2.11. The van der Waals surface area contributed by atoms with Crippen molar-refractivity contribution in [1.29, 1.82) is 0 Å². The Morgan fingerprint density at radius 2 is 2.20 bits per heavy atom. The molecule has 0 aromatic heterocycles. The SMILES string of the molecule is CCC(C)C(=O)N1CCC(O)C(CC)C1. The first kappa shape index (κ1) is 12.5. The Balaban J connectivity index is 2.54. The lowest BCUT2D eigenvalue weighted by Crippen LogP contribution is -2.47. The average molecular weight is 213 g/mol. The van der Waals surface area contributed by atoms with Crippen molar-refractivity contribution in [3.05, 3.63) is 0 Å². The van der Waals surface area contributed by atoms with Gasteiger partial charge in [-0.25, -0.2) is 0 Å². The molecule has 1 N–H and O–H groups in total. The number of carbonyl (C=O) groups is 1. The third-order valence-corrected chi connectivity index (χ3v) is 3.56. The van der Waals surface area contributed by atoms with Crippen molar-refractivity contribution in [2.45, 2.75) is 46.1 Å². The number of aliphatic hydroxyl groups is 1. The molecule has 15 heavy (non-hydrogen) atoms. The molecule has 3 unspecified atom stereocenters. The van der Waals surface area contributed by atoms with Crippen LogP contribution in [0.15, 0.2) is 0 Å². The van der Waals surface area contributed by atoms with Crippen molar-refractivity contribution in [2.75, 3.05) is 13.1 Å². The van der Waals surface area contributed by atoms with Crippen LogP contribution in [-0.4, -0.2) is 35.1 Å². The van der Waals surface area contributed by atoms with Gasteiger partial charge in [-0.2, -0.15) is 0 Å². The minimum Gasteiger partial charge on any atom is -0.393 e. The summed E-state index contributed by atoms with van der Waals surface area (Å²) >= 11 is 0. The number of piperidine rings is 1. The number of likely N-dealkylation sites (tertiary alicyclic amines) is 1. The lowest BCUT2D eigenvalue weighted by atomic mass is 9.91. The van der Waals surface area contributed by atoms with Gasteiger partial charge in [-0.3, -0.25) is 4.79 Å². The molecule has 0 saturated carbocycles. The highest BCUT2D eigenvalue weighted by Crippen LogP contribution is 2.21. The smallest absolute Gasteiger partial charge is 0.225 e. The monoisotopic (exact) mass is 213 g/mol. The summed E-state index contributed by atoms with van der Waals surface area (Å²) in [6, 6.07) is 0. The van der Waals surface area contributed by atoms with Crippen molar-refractivity contribution < 1.29 is 9.90 Å². The molecule has 1 rings (SSSR count). The summed E-state index contributed by atoms with van der Waals surface area (Å²) in [5.74, 6) is 0.646. The number of hydrogen-bond acceptors (Lipinski definition) is 2. The van der Waals surface area contributed by atoms with Gasteiger partial charge in [0.25, 0.3) is 0 Å². The van der Waals surface area contributed by atoms with Gasteiger partial charge in [0.2, 0.25) is 5.91 Å². The Hall–Kier alpha value is -0.570. The molecule has 0 bridgehead atoms. The Bertz CT molecular complexity index is 218. The standard InChI is InChI=1S/C12H23NO2/c1-4-9(3)12(15)13-7-6-11(14)10(5-2)8-13/h9-11,14H,4-8H2,1-3H3. The van der Waals surface area contributed by atoms with Crippen LogP contribution in [0.3, 0.4) is 0 Å². The first-order valence-corrected chi connectivity index (χ1v) is 6.06. The summed E-state index contributed by atoms with van der Waals surface area (Å²) < 4.78 is 0. The molecule has 1 saturated heterocycles. The van der Waals surface area contributed by atoms with E-state index < -0.39 is 0 Å². The second-order valence-corrected chi connectivity index (χ2v) is 4.62. The van der Waals surface area contributed by atoms with Crippen molar-refractivity contribution in [1.82, 2.24) is 4.90 Å². The normalized spacial score (nSPS) is 28.9. The van der Waals surface area contributed by atoms with E-state index >= 15 is 0 Å². The van der Waals surface area contributed by atoms with Crippen molar-refractivity contribution in [3.8, 4) is 0 Å². The van der Waals surface area contributed by atoms with Gasteiger partial charge in [-0.15, -0.1) is 0 Å². The molecular formula is C12H23NO2. The third kappa shape index (κ3) is 2.94. The molecule has 3 heteroatoms. The topological polar surface area (TPSA) is 40.5 Å². The van der Waals surface area contributed by atoms with Crippen LogP contribution in [0.25, 0.3) is 0 Å². The van der Waals surface area contributed by atoms with Crippen molar-refractivity contribution in [2.24, 2.45) is 11.8 Å². The van der Waals surface area contributed by atoms with E-state index in [9.17, 15) is 9.90 Å². The molecule has 1 amide bonds. The largest absolute Gasteiger partial charge is 0.393 e. The fourth-order valence-corrected chi connectivity index (χ4v) is 2.11. The van der Waals surface area contributed by atoms with Crippen molar-refractivity contribution in [3.63, 3.8) is 0 Å². The Kier molecular flexibility index (Phi) is 4.58. The van der Waals surface area contributed by atoms with Gasteiger partial charge in [0.15, 0.2) is 0 Å². The maximum absolute atomic E-state index is 11.9.